The predicted octanol–water partition coefficient (Wildman–Crippen LogP) is 4.43. The van der Waals surface area contributed by atoms with Crippen molar-refractivity contribution in [3.05, 3.63) is 65.7 Å². The fourth-order valence-corrected chi connectivity index (χ4v) is 3.88. The molecule has 2 N–H and O–H groups in total. The van der Waals surface area contributed by atoms with Gasteiger partial charge in [-0.2, -0.15) is 0 Å². The molecule has 4 aromatic rings. The van der Waals surface area contributed by atoms with Crippen molar-refractivity contribution in [1.29, 1.82) is 0 Å². The molecule has 124 valence electrons. The molecule has 0 saturated carbocycles. The maximum Gasteiger partial charge on any atom is 0.337 e. The number of para-hydroxylation sites is 1. The van der Waals surface area contributed by atoms with E-state index in [0.717, 1.165) is 21.9 Å². The van der Waals surface area contributed by atoms with E-state index >= 15 is 0 Å². The Morgan fingerprint density at radius 2 is 1.50 bits per heavy atom. The van der Waals surface area contributed by atoms with Gasteiger partial charge in [0.1, 0.15) is 0 Å². The van der Waals surface area contributed by atoms with Crippen molar-refractivity contribution in [2.24, 2.45) is 0 Å². The molecule has 5 nitrogen and oxygen atoms in total. The Labute approximate surface area is 147 Å². The molecule has 0 unspecified atom stereocenters. The summed E-state index contributed by atoms with van der Waals surface area (Å²) >= 11 is 0. The van der Waals surface area contributed by atoms with E-state index in [-0.39, 0.29) is 16.6 Å². The van der Waals surface area contributed by atoms with Gasteiger partial charge < -0.3 is 10.2 Å². The molecule has 5 heteroatoms. The van der Waals surface area contributed by atoms with E-state index in [2.05, 4.69) is 4.98 Å². The van der Waals surface area contributed by atoms with Crippen LogP contribution in [0.15, 0.2) is 54.6 Å². The second-order valence-electron chi connectivity index (χ2n) is 6.23. The lowest BCUT2D eigenvalue weighted by atomic mass is 9.95. The van der Waals surface area contributed by atoms with Crippen LogP contribution in [0.5, 0.6) is 0 Å². The number of fused-ring (bicyclic) bond motifs is 4. The van der Waals surface area contributed by atoms with E-state index in [4.69, 9.17) is 0 Å². The summed E-state index contributed by atoms with van der Waals surface area (Å²) in [6, 6.07) is 16.1. The zero-order chi connectivity index (χ0) is 18.0. The number of aromatic nitrogens is 1. The van der Waals surface area contributed by atoms with Crippen LogP contribution in [0.25, 0.3) is 44.1 Å². The maximum absolute atomic E-state index is 12.2. The first-order valence-corrected chi connectivity index (χ1v) is 8.03. The molecule has 0 fully saturated rings. The number of pyridine rings is 1. The second-order valence-corrected chi connectivity index (χ2v) is 6.23. The van der Waals surface area contributed by atoms with Crippen LogP contribution in [0, 0.1) is 0 Å². The smallest absolute Gasteiger partial charge is 0.337 e. The van der Waals surface area contributed by atoms with Gasteiger partial charge in [-0.1, -0.05) is 48.5 Å². The highest BCUT2D eigenvalue weighted by atomic mass is 16.4. The molecule has 0 atom stereocenters. The van der Waals surface area contributed by atoms with Crippen LogP contribution in [0.3, 0.4) is 0 Å². The van der Waals surface area contributed by atoms with Gasteiger partial charge in [0, 0.05) is 16.5 Å². The molecule has 0 bridgehead atoms. The van der Waals surface area contributed by atoms with Gasteiger partial charge in [-0.25, -0.2) is 14.6 Å². The Morgan fingerprint density at radius 1 is 0.808 bits per heavy atom. The van der Waals surface area contributed by atoms with E-state index in [1.54, 1.807) is 12.1 Å². The third-order valence-corrected chi connectivity index (χ3v) is 4.89. The quantitative estimate of drug-likeness (QED) is 0.496. The van der Waals surface area contributed by atoms with Crippen LogP contribution in [-0.4, -0.2) is 27.1 Å². The molecule has 1 aromatic heterocycles. The highest BCUT2D eigenvalue weighted by molar-refractivity contribution is 6.23. The summed E-state index contributed by atoms with van der Waals surface area (Å²) in [5, 5.41) is 21.7. The van der Waals surface area contributed by atoms with Crippen LogP contribution >= 0.6 is 0 Å². The normalized spacial score (nSPS) is 11.7. The van der Waals surface area contributed by atoms with Gasteiger partial charge in [0.15, 0.2) is 0 Å². The topological polar surface area (TPSA) is 87.5 Å². The van der Waals surface area contributed by atoms with Crippen LogP contribution < -0.4 is 0 Å². The number of rotatable bonds is 2. The van der Waals surface area contributed by atoms with E-state index < -0.39 is 11.9 Å². The summed E-state index contributed by atoms with van der Waals surface area (Å²) in [6.07, 6.45) is 0. The van der Waals surface area contributed by atoms with Crippen LogP contribution in [0.2, 0.25) is 0 Å². The summed E-state index contributed by atoms with van der Waals surface area (Å²) in [5.41, 5.74) is 3.02. The first-order valence-electron chi connectivity index (χ1n) is 8.03. The van der Waals surface area contributed by atoms with Gasteiger partial charge in [0.2, 0.25) is 0 Å². The fraction of sp³-hybridized carbons (Fsp3) is 0. The van der Waals surface area contributed by atoms with Crippen molar-refractivity contribution in [1.82, 2.24) is 4.98 Å². The molecule has 1 heterocycles. The molecule has 3 aromatic carbocycles. The van der Waals surface area contributed by atoms with Crippen molar-refractivity contribution < 1.29 is 19.8 Å². The first-order chi connectivity index (χ1) is 12.6. The molecule has 0 radical (unpaired) electrons. The minimum Gasteiger partial charge on any atom is -0.478 e. The third kappa shape index (κ3) is 1.71. The minimum atomic E-state index is -1.13. The zero-order valence-electron chi connectivity index (χ0n) is 13.4. The largest absolute Gasteiger partial charge is 0.478 e. The SMILES string of the molecule is O=C(O)c1c2c(nc3c(C(=O)O)cccc13)-c1cccc3cccc-2c13. The zero-order valence-corrected chi connectivity index (χ0v) is 13.4. The van der Waals surface area contributed by atoms with E-state index in [1.165, 1.54) is 6.07 Å². The maximum atomic E-state index is 12.2. The summed E-state index contributed by atoms with van der Waals surface area (Å²) < 4.78 is 0. The van der Waals surface area contributed by atoms with Crippen molar-refractivity contribution in [2.45, 2.75) is 0 Å². The van der Waals surface area contributed by atoms with Crippen molar-refractivity contribution >= 4 is 33.6 Å². The average Bonchev–Trinajstić information content (AvgIpc) is 2.95. The standard InChI is InChI=1S/C21H11NO4/c23-20(24)14-9-3-8-13-17(21(25)26)16-11-6-1-4-10-5-2-7-12(15(10)11)19(16)22-18(13)14/h1-9H,(H,23,24)(H,25,26). The summed E-state index contributed by atoms with van der Waals surface area (Å²) in [4.78, 5) is 28.4. The molecule has 1 aliphatic rings. The van der Waals surface area contributed by atoms with Crippen LogP contribution in [-0.2, 0) is 0 Å². The number of hydrogen-bond donors (Lipinski definition) is 2. The number of benzene rings is 3. The molecule has 0 aliphatic heterocycles. The monoisotopic (exact) mass is 341 g/mol. The Hall–Kier alpha value is -3.73. The van der Waals surface area contributed by atoms with Crippen molar-refractivity contribution in [2.75, 3.05) is 0 Å². The average molecular weight is 341 g/mol. The molecule has 1 aliphatic carbocycles. The Morgan fingerprint density at radius 3 is 2.19 bits per heavy atom. The third-order valence-electron chi connectivity index (χ3n) is 4.89. The fourth-order valence-electron chi connectivity index (χ4n) is 3.88. The van der Waals surface area contributed by atoms with Crippen LogP contribution in [0.4, 0.5) is 0 Å². The number of nitrogens with zero attached hydrogens (tertiary/aromatic N) is 1. The summed E-state index contributed by atoms with van der Waals surface area (Å²) in [7, 11) is 0. The molecular formula is C21H11NO4. The number of hydrogen-bond acceptors (Lipinski definition) is 3. The number of aromatic carboxylic acids is 2. The van der Waals surface area contributed by atoms with Gasteiger partial charge in [-0.05, 0) is 22.4 Å². The number of carboxylic acids is 2. The van der Waals surface area contributed by atoms with E-state index in [1.807, 2.05) is 36.4 Å². The summed E-state index contributed by atoms with van der Waals surface area (Å²) in [5.74, 6) is -2.23. The van der Waals surface area contributed by atoms with E-state index in [9.17, 15) is 19.8 Å². The minimum absolute atomic E-state index is 0.00377. The highest BCUT2D eigenvalue weighted by Crippen LogP contribution is 2.49. The molecule has 26 heavy (non-hydrogen) atoms. The second kappa shape index (κ2) is 4.89. The molecule has 0 saturated heterocycles. The molecule has 5 rings (SSSR count). The lowest BCUT2D eigenvalue weighted by Crippen LogP contribution is -2.06. The Kier molecular flexibility index (Phi) is 2.75. The Balaban J connectivity index is 2.06. The van der Waals surface area contributed by atoms with Crippen molar-refractivity contribution in [3.63, 3.8) is 0 Å². The number of carboxylic acid groups (broad SMARTS) is 2. The van der Waals surface area contributed by atoms with Crippen molar-refractivity contribution in [3.8, 4) is 22.4 Å². The van der Waals surface area contributed by atoms with E-state index in [0.29, 0.717) is 16.6 Å². The van der Waals surface area contributed by atoms with Gasteiger partial charge in [0.05, 0.1) is 22.3 Å². The molecular weight excluding hydrogens is 330 g/mol. The highest BCUT2D eigenvalue weighted by Gasteiger charge is 2.30. The van der Waals surface area contributed by atoms with Gasteiger partial charge in [0.25, 0.3) is 0 Å². The first kappa shape index (κ1) is 14.6. The molecule has 0 amide bonds. The predicted molar refractivity (Wildman–Crippen MR) is 97.6 cm³/mol. The Bertz CT molecular complexity index is 1290. The van der Waals surface area contributed by atoms with Gasteiger partial charge in [-0.15, -0.1) is 0 Å². The lowest BCUT2D eigenvalue weighted by molar-refractivity contribution is 0.0686. The van der Waals surface area contributed by atoms with Gasteiger partial charge >= 0.3 is 11.9 Å². The number of carbonyl (C=O) groups is 2. The lowest BCUT2D eigenvalue weighted by Gasteiger charge is -2.11. The van der Waals surface area contributed by atoms with Gasteiger partial charge in [-0.3, -0.25) is 0 Å². The van der Waals surface area contributed by atoms with Crippen LogP contribution in [0.1, 0.15) is 20.7 Å². The molecule has 0 spiro atoms. The summed E-state index contributed by atoms with van der Waals surface area (Å²) in [6.45, 7) is 0.